The van der Waals surface area contributed by atoms with Gasteiger partial charge in [0.1, 0.15) is 6.10 Å². The zero-order valence-electron chi connectivity index (χ0n) is 8.42. The Morgan fingerprint density at radius 1 is 1.43 bits per heavy atom. The van der Waals surface area contributed by atoms with Gasteiger partial charge in [-0.3, -0.25) is 4.79 Å². The van der Waals surface area contributed by atoms with Crippen molar-refractivity contribution < 1.29 is 9.53 Å². The van der Waals surface area contributed by atoms with E-state index in [0.717, 1.165) is 32.5 Å². The fourth-order valence-corrected chi connectivity index (χ4v) is 2.05. The Morgan fingerprint density at radius 3 is 3.00 bits per heavy atom. The molecule has 0 aliphatic carbocycles. The summed E-state index contributed by atoms with van der Waals surface area (Å²) in [6.45, 7) is 2.57. The molecule has 4 nitrogen and oxygen atoms in total. The van der Waals surface area contributed by atoms with Crippen LogP contribution in [-0.2, 0) is 9.53 Å². The molecule has 0 bridgehead atoms. The van der Waals surface area contributed by atoms with Crippen LogP contribution in [0.4, 0.5) is 0 Å². The van der Waals surface area contributed by atoms with Crippen LogP contribution >= 0.6 is 0 Å². The number of carbonyl (C=O) groups is 1. The van der Waals surface area contributed by atoms with E-state index in [-0.39, 0.29) is 12.0 Å². The maximum Gasteiger partial charge on any atom is 0.249 e. The van der Waals surface area contributed by atoms with Crippen molar-refractivity contribution in [2.45, 2.75) is 37.8 Å². The minimum Gasteiger partial charge on any atom is -0.368 e. The van der Waals surface area contributed by atoms with Gasteiger partial charge in [-0.05, 0) is 32.2 Å². The molecule has 2 aliphatic rings. The highest BCUT2D eigenvalue weighted by Gasteiger charge is 2.24. The van der Waals surface area contributed by atoms with Gasteiger partial charge in [0.15, 0.2) is 0 Å². The van der Waals surface area contributed by atoms with Gasteiger partial charge in [0.2, 0.25) is 5.91 Å². The van der Waals surface area contributed by atoms with Crippen LogP contribution in [0.3, 0.4) is 0 Å². The van der Waals surface area contributed by atoms with E-state index in [1.807, 2.05) is 0 Å². The molecule has 80 valence electrons. The maximum atomic E-state index is 11.5. The molecule has 1 unspecified atom stereocenters. The van der Waals surface area contributed by atoms with Gasteiger partial charge in [-0.1, -0.05) is 0 Å². The molecule has 14 heavy (non-hydrogen) atoms. The van der Waals surface area contributed by atoms with E-state index >= 15 is 0 Å². The van der Waals surface area contributed by atoms with Crippen LogP contribution < -0.4 is 10.6 Å². The molecule has 2 saturated heterocycles. The summed E-state index contributed by atoms with van der Waals surface area (Å²) in [7, 11) is 0. The van der Waals surface area contributed by atoms with Crippen molar-refractivity contribution in [2.24, 2.45) is 0 Å². The smallest absolute Gasteiger partial charge is 0.249 e. The molecular formula is C10H18N2O2. The summed E-state index contributed by atoms with van der Waals surface area (Å²) in [5, 5.41) is 6.29. The van der Waals surface area contributed by atoms with E-state index in [1.54, 1.807) is 0 Å². The number of hydrogen-bond donors (Lipinski definition) is 2. The predicted molar refractivity (Wildman–Crippen MR) is 53.0 cm³/mol. The number of hydrogen-bond acceptors (Lipinski definition) is 3. The lowest BCUT2D eigenvalue weighted by molar-refractivity contribution is -0.130. The SMILES string of the molecule is O=C(NCC1CCCN1)[C@@H]1CCCO1. The molecule has 2 atom stereocenters. The second kappa shape index (κ2) is 4.75. The average Bonchev–Trinajstić information content (AvgIpc) is 2.87. The Kier molecular flexibility index (Phi) is 3.37. The molecule has 0 aromatic heterocycles. The van der Waals surface area contributed by atoms with E-state index in [0.29, 0.717) is 6.04 Å². The lowest BCUT2D eigenvalue weighted by atomic mass is 10.2. The topological polar surface area (TPSA) is 50.4 Å². The Hall–Kier alpha value is -0.610. The molecule has 0 radical (unpaired) electrons. The second-order valence-electron chi connectivity index (χ2n) is 4.04. The minimum absolute atomic E-state index is 0.0659. The molecule has 0 aromatic rings. The zero-order valence-corrected chi connectivity index (χ0v) is 8.42. The molecule has 1 amide bonds. The van der Waals surface area contributed by atoms with Crippen molar-refractivity contribution >= 4 is 5.91 Å². The molecule has 2 N–H and O–H groups in total. The summed E-state index contributed by atoms with van der Waals surface area (Å²) in [4.78, 5) is 11.5. The Labute approximate surface area is 84.4 Å². The highest BCUT2D eigenvalue weighted by molar-refractivity contribution is 5.80. The lowest BCUT2D eigenvalue weighted by Gasteiger charge is -2.14. The number of ether oxygens (including phenoxy) is 1. The van der Waals surface area contributed by atoms with Crippen LogP contribution in [0.2, 0.25) is 0 Å². The number of amides is 1. The summed E-state index contributed by atoms with van der Waals surface area (Å²) in [5.74, 6) is 0.0659. The molecule has 2 rings (SSSR count). The zero-order chi connectivity index (χ0) is 9.80. The monoisotopic (exact) mass is 198 g/mol. The third-order valence-corrected chi connectivity index (χ3v) is 2.91. The van der Waals surface area contributed by atoms with Crippen LogP contribution in [0.1, 0.15) is 25.7 Å². The van der Waals surface area contributed by atoms with Crippen LogP contribution in [0.5, 0.6) is 0 Å². The van der Waals surface area contributed by atoms with Gasteiger partial charge in [-0.25, -0.2) is 0 Å². The molecule has 4 heteroatoms. The largest absolute Gasteiger partial charge is 0.368 e. The van der Waals surface area contributed by atoms with Crippen molar-refractivity contribution in [1.82, 2.24) is 10.6 Å². The van der Waals surface area contributed by atoms with E-state index in [4.69, 9.17) is 4.74 Å². The summed E-state index contributed by atoms with van der Waals surface area (Å²) in [6, 6.07) is 0.473. The van der Waals surface area contributed by atoms with Gasteiger partial charge in [-0.2, -0.15) is 0 Å². The number of carbonyl (C=O) groups excluding carboxylic acids is 1. The van der Waals surface area contributed by atoms with Crippen LogP contribution in [-0.4, -0.2) is 37.7 Å². The van der Waals surface area contributed by atoms with Gasteiger partial charge < -0.3 is 15.4 Å². The quantitative estimate of drug-likeness (QED) is 0.673. The lowest BCUT2D eigenvalue weighted by Crippen LogP contribution is -2.41. The summed E-state index contributed by atoms with van der Waals surface area (Å²) in [6.07, 6.45) is 4.10. The second-order valence-corrected chi connectivity index (χ2v) is 4.04. The van der Waals surface area contributed by atoms with E-state index in [9.17, 15) is 4.79 Å². The Morgan fingerprint density at radius 2 is 2.36 bits per heavy atom. The molecule has 2 fully saturated rings. The fourth-order valence-electron chi connectivity index (χ4n) is 2.05. The minimum atomic E-state index is -0.184. The van der Waals surface area contributed by atoms with E-state index in [1.165, 1.54) is 12.8 Å². The Bertz CT molecular complexity index is 196. The first-order chi connectivity index (χ1) is 6.86. The van der Waals surface area contributed by atoms with E-state index in [2.05, 4.69) is 10.6 Å². The molecule has 2 heterocycles. The molecule has 0 spiro atoms. The van der Waals surface area contributed by atoms with Crippen molar-refractivity contribution in [1.29, 1.82) is 0 Å². The molecule has 0 aromatic carbocycles. The highest BCUT2D eigenvalue weighted by atomic mass is 16.5. The molecule has 2 aliphatic heterocycles. The van der Waals surface area contributed by atoms with Crippen molar-refractivity contribution in [3.8, 4) is 0 Å². The van der Waals surface area contributed by atoms with Crippen molar-refractivity contribution in [3.05, 3.63) is 0 Å². The van der Waals surface area contributed by atoms with E-state index < -0.39 is 0 Å². The first kappa shape index (κ1) is 9.93. The van der Waals surface area contributed by atoms with Crippen LogP contribution in [0.25, 0.3) is 0 Å². The normalized spacial score (nSPS) is 32.0. The van der Waals surface area contributed by atoms with Gasteiger partial charge in [-0.15, -0.1) is 0 Å². The average molecular weight is 198 g/mol. The summed E-state index contributed by atoms with van der Waals surface area (Å²) >= 11 is 0. The third-order valence-electron chi connectivity index (χ3n) is 2.91. The predicted octanol–water partition coefficient (Wildman–Crippen LogP) is 0.0336. The van der Waals surface area contributed by atoms with Gasteiger partial charge in [0.25, 0.3) is 0 Å². The number of rotatable bonds is 3. The first-order valence-electron chi connectivity index (χ1n) is 5.49. The standard InChI is InChI=1S/C10H18N2O2/c13-10(9-4-2-6-14-9)12-7-8-3-1-5-11-8/h8-9,11H,1-7H2,(H,12,13)/t8?,9-/m0/s1. The summed E-state index contributed by atoms with van der Waals surface area (Å²) in [5.41, 5.74) is 0. The molecular weight excluding hydrogens is 180 g/mol. The number of nitrogens with one attached hydrogen (secondary N) is 2. The highest BCUT2D eigenvalue weighted by Crippen LogP contribution is 2.12. The first-order valence-corrected chi connectivity index (χ1v) is 5.49. The van der Waals surface area contributed by atoms with Gasteiger partial charge >= 0.3 is 0 Å². The third kappa shape index (κ3) is 2.45. The maximum absolute atomic E-state index is 11.5. The Balaban J connectivity index is 1.66. The van der Waals surface area contributed by atoms with Gasteiger partial charge in [0.05, 0.1) is 0 Å². The molecule has 0 saturated carbocycles. The van der Waals surface area contributed by atoms with Crippen LogP contribution in [0, 0.1) is 0 Å². The van der Waals surface area contributed by atoms with Crippen LogP contribution in [0.15, 0.2) is 0 Å². The van der Waals surface area contributed by atoms with Crippen molar-refractivity contribution in [3.63, 3.8) is 0 Å². The fraction of sp³-hybridized carbons (Fsp3) is 0.900. The van der Waals surface area contributed by atoms with Crippen molar-refractivity contribution in [2.75, 3.05) is 19.7 Å². The summed E-state index contributed by atoms with van der Waals surface area (Å²) < 4.78 is 5.30. The van der Waals surface area contributed by atoms with Gasteiger partial charge in [0, 0.05) is 19.2 Å².